The van der Waals surface area contributed by atoms with Crippen LogP contribution in [0.15, 0.2) is 30.6 Å². The average molecular weight is 536 g/mol. The minimum Gasteiger partial charge on any atom is -1.00 e. The Hall–Kier alpha value is 0.190. The molecule has 0 fully saturated rings. The van der Waals surface area contributed by atoms with E-state index in [1.54, 1.807) is 0 Å². The van der Waals surface area contributed by atoms with Gasteiger partial charge < -0.3 is 28.7 Å². The first kappa shape index (κ1) is 29.2. The Morgan fingerprint density at radius 2 is 1.21 bits per heavy atom. The van der Waals surface area contributed by atoms with Crippen molar-refractivity contribution in [1.82, 2.24) is 0 Å². The second-order valence-corrected chi connectivity index (χ2v) is 9.25. The molecule has 0 aliphatic rings. The number of pyridine rings is 1. The van der Waals surface area contributed by atoms with Crippen molar-refractivity contribution in [3.63, 3.8) is 0 Å². The summed E-state index contributed by atoms with van der Waals surface area (Å²) in [5.41, 5.74) is 0. The predicted molar refractivity (Wildman–Crippen MR) is 125 cm³/mol. The van der Waals surface area contributed by atoms with Gasteiger partial charge in [-0.25, -0.2) is 4.57 Å². The van der Waals surface area contributed by atoms with Crippen LogP contribution in [0.25, 0.3) is 0 Å². The van der Waals surface area contributed by atoms with Crippen LogP contribution >= 0.6 is 11.8 Å². The largest absolute Gasteiger partial charge is 1.00 e. The first-order valence-corrected chi connectivity index (χ1v) is 13.1. The fourth-order valence-electron chi connectivity index (χ4n) is 3.60. The van der Waals surface area contributed by atoms with Crippen LogP contribution in [0.3, 0.4) is 0 Å². The maximum atomic E-state index is 5.64. The van der Waals surface area contributed by atoms with E-state index < -0.39 is 0 Å². The van der Waals surface area contributed by atoms with E-state index in [1.165, 1.54) is 95.6 Å². The van der Waals surface area contributed by atoms with Crippen LogP contribution in [0.5, 0.6) is 0 Å². The average Bonchev–Trinajstić information content (AvgIpc) is 2.73. The van der Waals surface area contributed by atoms with Crippen LogP contribution in [0.2, 0.25) is 0 Å². The van der Waals surface area contributed by atoms with E-state index in [9.17, 15) is 0 Å². The van der Waals surface area contributed by atoms with E-state index in [0.29, 0.717) is 6.10 Å². The minimum absolute atomic E-state index is 0. The highest BCUT2D eigenvalue weighted by Gasteiger charge is 2.12. The summed E-state index contributed by atoms with van der Waals surface area (Å²) in [6, 6.07) is 6.21. The van der Waals surface area contributed by atoms with Gasteiger partial charge in [-0.2, -0.15) is 11.8 Å². The number of hydrogen-bond acceptors (Lipinski definition) is 2. The number of ether oxygens (including phenoxy) is 1. The van der Waals surface area contributed by atoms with Crippen molar-refractivity contribution in [2.75, 3.05) is 18.6 Å². The van der Waals surface area contributed by atoms with E-state index in [4.69, 9.17) is 4.74 Å². The maximum absolute atomic E-state index is 5.64. The zero-order valence-corrected chi connectivity index (χ0v) is 22.1. The van der Waals surface area contributed by atoms with Gasteiger partial charge in [0.1, 0.15) is 6.10 Å². The molecular weight excluding hydrogens is 489 g/mol. The van der Waals surface area contributed by atoms with Crippen molar-refractivity contribution in [3.8, 4) is 0 Å². The fourth-order valence-corrected chi connectivity index (χ4v) is 4.68. The zero-order chi connectivity index (χ0) is 20.1. The van der Waals surface area contributed by atoms with E-state index in [0.717, 1.165) is 12.3 Å². The molecule has 170 valence electrons. The van der Waals surface area contributed by atoms with E-state index in [-0.39, 0.29) is 24.0 Å². The van der Waals surface area contributed by atoms with Crippen molar-refractivity contribution in [2.45, 2.75) is 109 Å². The second kappa shape index (κ2) is 22.9. The van der Waals surface area contributed by atoms with Crippen LogP contribution < -0.4 is 28.5 Å². The molecule has 1 unspecified atom stereocenters. The SMILES string of the molecule is CCCCCCCCCCCCCCCCSCC(C[n+]1ccccc1)OC.[I-]. The second-order valence-electron chi connectivity index (χ2n) is 8.10. The lowest BCUT2D eigenvalue weighted by atomic mass is 10.0. The summed E-state index contributed by atoms with van der Waals surface area (Å²) in [4.78, 5) is 0. The molecular formula is C25H46INOS. The molecule has 0 aliphatic carbocycles. The number of unbranched alkanes of at least 4 members (excludes halogenated alkanes) is 13. The third-order valence-electron chi connectivity index (χ3n) is 5.47. The molecule has 1 heterocycles. The van der Waals surface area contributed by atoms with Crippen LogP contribution in [-0.4, -0.2) is 24.7 Å². The maximum Gasteiger partial charge on any atom is 0.175 e. The van der Waals surface area contributed by atoms with Gasteiger partial charge in [0, 0.05) is 25.0 Å². The molecule has 1 rings (SSSR count). The van der Waals surface area contributed by atoms with Gasteiger partial charge in [0.25, 0.3) is 0 Å². The number of rotatable bonds is 20. The zero-order valence-electron chi connectivity index (χ0n) is 19.1. The standard InChI is InChI=1S/C25H46NOS.HI/c1-3-4-5-6-7-8-9-10-11-12-13-14-15-19-22-28-24-25(27-2)23-26-20-17-16-18-21-26;/h16-18,20-21,25H,3-15,19,22-24H2,1-2H3;1H/q+1;/p-1. The van der Waals surface area contributed by atoms with Gasteiger partial charge in [0.05, 0.1) is 0 Å². The molecule has 0 spiro atoms. The van der Waals surface area contributed by atoms with Gasteiger partial charge in [-0.05, 0) is 12.2 Å². The van der Waals surface area contributed by atoms with Gasteiger partial charge in [-0.15, -0.1) is 0 Å². The first-order chi connectivity index (χ1) is 13.9. The van der Waals surface area contributed by atoms with Crippen LogP contribution in [-0.2, 0) is 11.3 Å². The number of aromatic nitrogens is 1. The van der Waals surface area contributed by atoms with Crippen LogP contribution in [0.1, 0.15) is 96.8 Å². The summed E-state index contributed by atoms with van der Waals surface area (Å²) >= 11 is 2.05. The quantitative estimate of drug-likeness (QED) is 0.141. The fraction of sp³-hybridized carbons (Fsp3) is 0.800. The summed E-state index contributed by atoms with van der Waals surface area (Å²) in [5.74, 6) is 2.37. The molecule has 0 saturated carbocycles. The normalized spacial score (nSPS) is 11.9. The molecule has 29 heavy (non-hydrogen) atoms. The van der Waals surface area contributed by atoms with Gasteiger partial charge in [0.2, 0.25) is 0 Å². The minimum atomic E-state index is 0. The molecule has 2 nitrogen and oxygen atoms in total. The summed E-state index contributed by atoms with van der Waals surface area (Å²) < 4.78 is 7.85. The Labute approximate surface area is 203 Å². The van der Waals surface area contributed by atoms with E-state index in [2.05, 4.69) is 53.8 Å². The highest BCUT2D eigenvalue weighted by molar-refractivity contribution is 7.99. The molecule has 0 amide bonds. The van der Waals surface area contributed by atoms with Crippen molar-refractivity contribution in [2.24, 2.45) is 0 Å². The number of thioether (sulfide) groups is 1. The summed E-state index contributed by atoms with van der Waals surface area (Å²) in [6.07, 6.45) is 24.6. The summed E-state index contributed by atoms with van der Waals surface area (Å²) in [5, 5.41) is 0. The molecule has 0 N–H and O–H groups in total. The Kier molecular flexibility index (Phi) is 23.0. The molecule has 0 radical (unpaired) electrons. The molecule has 1 atom stereocenters. The van der Waals surface area contributed by atoms with E-state index >= 15 is 0 Å². The highest BCUT2D eigenvalue weighted by atomic mass is 127. The van der Waals surface area contributed by atoms with Gasteiger partial charge in [-0.3, -0.25) is 0 Å². The Bertz CT molecular complexity index is 432. The van der Waals surface area contributed by atoms with Gasteiger partial charge in [-0.1, -0.05) is 96.5 Å². The molecule has 4 heteroatoms. The Balaban J connectivity index is 0.00000784. The van der Waals surface area contributed by atoms with Crippen molar-refractivity contribution >= 4 is 11.8 Å². The number of hydrogen-bond donors (Lipinski definition) is 0. The molecule has 1 aromatic rings. The molecule has 0 aliphatic heterocycles. The molecule has 1 aromatic heterocycles. The van der Waals surface area contributed by atoms with Crippen molar-refractivity contribution in [1.29, 1.82) is 0 Å². The van der Waals surface area contributed by atoms with Crippen LogP contribution in [0, 0.1) is 0 Å². The first-order valence-electron chi connectivity index (χ1n) is 11.9. The van der Waals surface area contributed by atoms with Crippen molar-refractivity contribution < 1.29 is 33.3 Å². The Morgan fingerprint density at radius 1 is 0.724 bits per heavy atom. The molecule has 0 bridgehead atoms. The van der Waals surface area contributed by atoms with Gasteiger partial charge >= 0.3 is 0 Å². The van der Waals surface area contributed by atoms with Gasteiger partial charge in [0.15, 0.2) is 18.9 Å². The number of halogens is 1. The Morgan fingerprint density at radius 3 is 1.69 bits per heavy atom. The third-order valence-corrected chi connectivity index (χ3v) is 6.66. The smallest absolute Gasteiger partial charge is 0.175 e. The predicted octanol–water partition coefficient (Wildman–Crippen LogP) is 4.21. The number of nitrogens with zero attached hydrogens (tertiary/aromatic N) is 1. The number of methoxy groups -OCH3 is 1. The summed E-state index contributed by atoms with van der Waals surface area (Å²) in [6.45, 7) is 3.24. The highest BCUT2D eigenvalue weighted by Crippen LogP contribution is 2.14. The van der Waals surface area contributed by atoms with Crippen molar-refractivity contribution in [3.05, 3.63) is 30.6 Å². The lowest BCUT2D eigenvalue weighted by Crippen LogP contribution is -3.00. The lowest BCUT2D eigenvalue weighted by molar-refractivity contribution is -0.703. The summed E-state index contributed by atoms with van der Waals surface area (Å²) in [7, 11) is 1.83. The topological polar surface area (TPSA) is 13.1 Å². The monoisotopic (exact) mass is 535 g/mol. The van der Waals surface area contributed by atoms with E-state index in [1.807, 2.05) is 7.11 Å². The third kappa shape index (κ3) is 18.7. The molecule has 0 saturated heterocycles. The molecule has 0 aromatic carbocycles. The van der Waals surface area contributed by atoms with Crippen LogP contribution in [0.4, 0.5) is 0 Å². The lowest BCUT2D eigenvalue weighted by Gasteiger charge is -2.11.